The first-order valence-corrected chi connectivity index (χ1v) is 7.40. The van der Waals surface area contributed by atoms with Crippen molar-refractivity contribution in [1.29, 1.82) is 0 Å². The number of nitrogens with zero attached hydrogens (tertiary/aromatic N) is 1. The van der Waals surface area contributed by atoms with Gasteiger partial charge in [0.1, 0.15) is 0 Å². The van der Waals surface area contributed by atoms with Crippen molar-refractivity contribution in [3.8, 4) is 0 Å². The van der Waals surface area contributed by atoms with Gasteiger partial charge in [0.2, 0.25) is 0 Å². The first-order chi connectivity index (χ1) is 10.1. The molecule has 2 atom stereocenters. The minimum Gasteiger partial charge on any atom is -0.375 e. The smallest absolute Gasteiger partial charge is 0.317 e. The average molecular weight is 313 g/mol. The molecule has 1 heterocycles. The maximum atomic E-state index is 12.1. The molecule has 0 radical (unpaired) electrons. The third kappa shape index (κ3) is 4.59. The zero-order valence-electron chi connectivity index (χ0n) is 12.3. The van der Waals surface area contributed by atoms with Crippen molar-refractivity contribution >= 4 is 17.6 Å². The Morgan fingerprint density at radius 3 is 2.86 bits per heavy atom. The number of rotatable bonds is 4. The van der Waals surface area contributed by atoms with Gasteiger partial charge in [-0.15, -0.1) is 0 Å². The second-order valence-corrected chi connectivity index (χ2v) is 5.53. The number of halogens is 1. The number of morpholine rings is 1. The highest BCUT2D eigenvalue weighted by molar-refractivity contribution is 6.30. The van der Waals surface area contributed by atoms with Crippen LogP contribution in [0.4, 0.5) is 4.79 Å². The third-order valence-corrected chi connectivity index (χ3v) is 3.75. The number of benzene rings is 1. The highest BCUT2D eigenvalue weighted by Gasteiger charge is 2.22. The number of amides is 2. The van der Waals surface area contributed by atoms with Gasteiger partial charge in [0.15, 0.2) is 0 Å². The molecule has 1 fully saturated rings. The minimum absolute atomic E-state index is 0.0823. The molecule has 1 aliphatic rings. The van der Waals surface area contributed by atoms with Gasteiger partial charge in [0.05, 0.1) is 18.8 Å². The Kier molecular flexibility index (Phi) is 5.85. The summed E-state index contributed by atoms with van der Waals surface area (Å²) in [6.07, 6.45) is -0.108. The van der Waals surface area contributed by atoms with Crippen molar-refractivity contribution < 1.29 is 14.3 Å². The van der Waals surface area contributed by atoms with Gasteiger partial charge in [0.25, 0.3) is 0 Å². The topological polar surface area (TPSA) is 50.8 Å². The number of ether oxygens (including phenoxy) is 2. The summed E-state index contributed by atoms with van der Waals surface area (Å²) in [6.45, 7) is 4.20. The van der Waals surface area contributed by atoms with E-state index in [0.717, 1.165) is 5.56 Å². The van der Waals surface area contributed by atoms with E-state index >= 15 is 0 Å². The number of hydrogen-bond donors (Lipinski definition) is 1. The number of nitrogens with one attached hydrogen (secondary N) is 1. The molecular formula is C15H21ClN2O3. The molecule has 2 unspecified atom stereocenters. The maximum Gasteiger partial charge on any atom is 0.317 e. The standard InChI is InChI=1S/C15H21ClN2O3/c1-11-10-18(7-8-21-11)15(19)17-9-14(20-2)12-3-5-13(16)6-4-12/h3-6,11,14H,7-10H2,1-2H3,(H,17,19). The van der Waals surface area contributed by atoms with E-state index in [-0.39, 0.29) is 18.2 Å². The molecule has 1 aromatic rings. The third-order valence-electron chi connectivity index (χ3n) is 3.49. The van der Waals surface area contributed by atoms with Crippen LogP contribution in [0.25, 0.3) is 0 Å². The summed E-state index contributed by atoms with van der Waals surface area (Å²) in [4.78, 5) is 13.9. The summed E-state index contributed by atoms with van der Waals surface area (Å²) in [6, 6.07) is 7.35. The van der Waals surface area contributed by atoms with Gasteiger partial charge in [-0.2, -0.15) is 0 Å². The fraction of sp³-hybridized carbons (Fsp3) is 0.533. The fourth-order valence-electron chi connectivity index (χ4n) is 2.31. The van der Waals surface area contributed by atoms with Crippen molar-refractivity contribution in [3.63, 3.8) is 0 Å². The highest BCUT2D eigenvalue weighted by atomic mass is 35.5. The lowest BCUT2D eigenvalue weighted by Crippen LogP contribution is -2.49. The Labute approximate surface area is 130 Å². The summed E-state index contributed by atoms with van der Waals surface area (Å²) in [5, 5.41) is 3.59. The van der Waals surface area contributed by atoms with E-state index in [1.54, 1.807) is 12.0 Å². The predicted molar refractivity (Wildman–Crippen MR) is 81.6 cm³/mol. The van der Waals surface area contributed by atoms with Crippen LogP contribution in [0.5, 0.6) is 0 Å². The zero-order chi connectivity index (χ0) is 15.2. The van der Waals surface area contributed by atoms with Crippen LogP contribution in [-0.2, 0) is 9.47 Å². The van der Waals surface area contributed by atoms with Crippen LogP contribution in [0.1, 0.15) is 18.6 Å². The number of methoxy groups -OCH3 is 1. The fourth-order valence-corrected chi connectivity index (χ4v) is 2.44. The molecular weight excluding hydrogens is 292 g/mol. The van der Waals surface area contributed by atoms with Crippen molar-refractivity contribution in [2.45, 2.75) is 19.1 Å². The molecule has 5 nitrogen and oxygen atoms in total. The van der Waals surface area contributed by atoms with Crippen molar-refractivity contribution in [2.24, 2.45) is 0 Å². The Balaban J connectivity index is 1.87. The van der Waals surface area contributed by atoms with Gasteiger partial charge in [-0.1, -0.05) is 23.7 Å². The second kappa shape index (κ2) is 7.64. The van der Waals surface area contributed by atoms with Gasteiger partial charge in [-0.3, -0.25) is 0 Å². The Morgan fingerprint density at radius 1 is 1.52 bits per heavy atom. The van der Waals surface area contributed by atoms with E-state index in [2.05, 4.69) is 5.32 Å². The molecule has 21 heavy (non-hydrogen) atoms. The molecule has 116 valence electrons. The first-order valence-electron chi connectivity index (χ1n) is 7.02. The van der Waals surface area contributed by atoms with Crippen LogP contribution in [0.2, 0.25) is 5.02 Å². The second-order valence-electron chi connectivity index (χ2n) is 5.09. The highest BCUT2D eigenvalue weighted by Crippen LogP contribution is 2.18. The van der Waals surface area contributed by atoms with Crippen LogP contribution >= 0.6 is 11.6 Å². The summed E-state index contributed by atoms with van der Waals surface area (Å²) in [5.74, 6) is 0. The molecule has 2 rings (SSSR count). The van der Waals surface area contributed by atoms with Crippen molar-refractivity contribution in [1.82, 2.24) is 10.2 Å². The van der Waals surface area contributed by atoms with Crippen LogP contribution in [0.3, 0.4) is 0 Å². The molecule has 1 aliphatic heterocycles. The SMILES string of the molecule is COC(CNC(=O)N1CCOC(C)C1)c1ccc(Cl)cc1. The molecule has 2 amide bonds. The monoisotopic (exact) mass is 312 g/mol. The number of hydrogen-bond acceptors (Lipinski definition) is 3. The van der Waals surface area contributed by atoms with Crippen LogP contribution in [0, 0.1) is 0 Å². The molecule has 1 N–H and O–H groups in total. The molecule has 0 bridgehead atoms. The first kappa shape index (κ1) is 16.1. The van der Waals surface area contributed by atoms with E-state index in [1.165, 1.54) is 0 Å². The molecule has 0 aromatic heterocycles. The van der Waals surface area contributed by atoms with E-state index in [9.17, 15) is 4.79 Å². The van der Waals surface area contributed by atoms with Gasteiger partial charge >= 0.3 is 6.03 Å². The molecule has 0 spiro atoms. The van der Waals surface area contributed by atoms with E-state index in [0.29, 0.717) is 31.3 Å². The van der Waals surface area contributed by atoms with Gasteiger partial charge in [0, 0.05) is 31.8 Å². The largest absolute Gasteiger partial charge is 0.375 e. The predicted octanol–water partition coefficient (Wildman–Crippen LogP) is 2.46. The van der Waals surface area contributed by atoms with Crippen LogP contribution < -0.4 is 5.32 Å². The maximum absolute atomic E-state index is 12.1. The van der Waals surface area contributed by atoms with Crippen molar-refractivity contribution in [3.05, 3.63) is 34.9 Å². The van der Waals surface area contributed by atoms with E-state index < -0.39 is 0 Å². The van der Waals surface area contributed by atoms with Gasteiger partial charge in [-0.25, -0.2) is 4.79 Å². The molecule has 6 heteroatoms. The average Bonchev–Trinajstić information content (AvgIpc) is 2.49. The summed E-state index contributed by atoms with van der Waals surface area (Å²) >= 11 is 5.87. The zero-order valence-corrected chi connectivity index (χ0v) is 13.1. The normalized spacial score (nSPS) is 20.1. The van der Waals surface area contributed by atoms with Crippen LogP contribution in [0.15, 0.2) is 24.3 Å². The van der Waals surface area contributed by atoms with E-state index in [1.807, 2.05) is 31.2 Å². The van der Waals surface area contributed by atoms with E-state index in [4.69, 9.17) is 21.1 Å². The molecule has 1 saturated heterocycles. The summed E-state index contributed by atoms with van der Waals surface area (Å²) in [5.41, 5.74) is 0.984. The molecule has 0 aliphatic carbocycles. The Hall–Kier alpha value is -1.30. The lowest BCUT2D eigenvalue weighted by atomic mass is 10.1. The summed E-state index contributed by atoms with van der Waals surface area (Å²) in [7, 11) is 1.63. The number of carbonyl (C=O) groups is 1. The molecule has 1 aromatic carbocycles. The van der Waals surface area contributed by atoms with Crippen molar-refractivity contribution in [2.75, 3.05) is 33.4 Å². The quantitative estimate of drug-likeness (QED) is 0.929. The number of urea groups is 1. The Morgan fingerprint density at radius 2 is 2.24 bits per heavy atom. The molecule has 0 saturated carbocycles. The minimum atomic E-state index is -0.190. The van der Waals surface area contributed by atoms with Crippen LogP contribution in [-0.4, -0.2) is 50.4 Å². The van der Waals surface area contributed by atoms with Gasteiger partial charge < -0.3 is 19.7 Å². The lowest BCUT2D eigenvalue weighted by Gasteiger charge is -2.31. The van der Waals surface area contributed by atoms with Gasteiger partial charge in [-0.05, 0) is 24.6 Å². The number of carbonyl (C=O) groups excluding carboxylic acids is 1. The Bertz CT molecular complexity index is 466. The summed E-state index contributed by atoms with van der Waals surface area (Å²) < 4.78 is 10.9. The lowest BCUT2D eigenvalue weighted by molar-refractivity contribution is -0.00412.